The van der Waals surface area contributed by atoms with Crippen LogP contribution in [0, 0.1) is 0 Å². The minimum Gasteiger partial charge on any atom is -0.465 e. The van der Waals surface area contributed by atoms with E-state index in [0.29, 0.717) is 10.6 Å². The van der Waals surface area contributed by atoms with Gasteiger partial charge in [-0.05, 0) is 11.6 Å². The van der Waals surface area contributed by atoms with E-state index in [0.717, 1.165) is 4.90 Å². The maximum absolute atomic E-state index is 11.3. The van der Waals surface area contributed by atoms with Gasteiger partial charge in [-0.25, -0.2) is 4.79 Å². The van der Waals surface area contributed by atoms with E-state index < -0.39 is 12.1 Å². The smallest absolute Gasteiger partial charge is 0.408 e. The lowest BCUT2D eigenvalue weighted by molar-refractivity contribution is -0.116. The van der Waals surface area contributed by atoms with Crippen LogP contribution in [-0.2, 0) is 4.79 Å². The van der Waals surface area contributed by atoms with Gasteiger partial charge in [0, 0.05) is 11.4 Å². The standard InChI is InChI=1S/C11H10ClNO3/c12-9-4-2-1-3-8(9)10-5-7(14)6-13(10)11(15)16/h1-4,10H,5-6H2,(H,15,16). The molecular formula is C11H10ClNO3. The third-order valence-electron chi connectivity index (χ3n) is 2.65. The van der Waals surface area contributed by atoms with E-state index in [-0.39, 0.29) is 18.7 Å². The Labute approximate surface area is 97.4 Å². The minimum absolute atomic E-state index is 0.0504. The van der Waals surface area contributed by atoms with Gasteiger partial charge in [-0.2, -0.15) is 0 Å². The summed E-state index contributed by atoms with van der Waals surface area (Å²) in [6.07, 6.45) is -0.883. The molecule has 0 saturated carbocycles. The van der Waals surface area contributed by atoms with Crippen LogP contribution >= 0.6 is 11.6 Å². The van der Waals surface area contributed by atoms with Crippen molar-refractivity contribution in [3.8, 4) is 0 Å². The highest BCUT2D eigenvalue weighted by molar-refractivity contribution is 6.31. The predicted octanol–water partition coefficient (Wildman–Crippen LogP) is 2.33. The van der Waals surface area contributed by atoms with Crippen LogP contribution in [0.2, 0.25) is 5.02 Å². The van der Waals surface area contributed by atoms with Crippen LogP contribution < -0.4 is 0 Å². The van der Waals surface area contributed by atoms with E-state index in [2.05, 4.69) is 0 Å². The Morgan fingerprint density at radius 1 is 1.44 bits per heavy atom. The fourth-order valence-corrected chi connectivity index (χ4v) is 2.18. The molecule has 1 N–H and O–H groups in total. The number of nitrogens with zero attached hydrogens (tertiary/aromatic N) is 1. The Balaban J connectivity index is 2.36. The second-order valence-electron chi connectivity index (χ2n) is 3.69. The number of hydrogen-bond acceptors (Lipinski definition) is 2. The molecule has 0 radical (unpaired) electrons. The molecule has 16 heavy (non-hydrogen) atoms. The van der Waals surface area contributed by atoms with Crippen molar-refractivity contribution in [2.24, 2.45) is 0 Å². The molecule has 5 heteroatoms. The van der Waals surface area contributed by atoms with Gasteiger partial charge in [-0.1, -0.05) is 29.8 Å². The maximum atomic E-state index is 11.3. The number of ketones is 1. The molecule has 0 spiro atoms. The molecule has 1 unspecified atom stereocenters. The van der Waals surface area contributed by atoms with Crippen LogP contribution in [-0.4, -0.2) is 28.4 Å². The number of hydrogen-bond donors (Lipinski definition) is 1. The van der Waals surface area contributed by atoms with Crippen molar-refractivity contribution in [2.75, 3.05) is 6.54 Å². The van der Waals surface area contributed by atoms with Crippen LogP contribution in [0.15, 0.2) is 24.3 Å². The van der Waals surface area contributed by atoms with Gasteiger partial charge in [0.15, 0.2) is 5.78 Å². The van der Waals surface area contributed by atoms with Crippen LogP contribution in [0.1, 0.15) is 18.0 Å². The molecule has 0 bridgehead atoms. The largest absolute Gasteiger partial charge is 0.465 e. The quantitative estimate of drug-likeness (QED) is 0.818. The van der Waals surface area contributed by atoms with Gasteiger partial charge >= 0.3 is 6.09 Å². The molecule has 4 nitrogen and oxygen atoms in total. The predicted molar refractivity (Wildman–Crippen MR) is 58.5 cm³/mol. The van der Waals surface area contributed by atoms with Crippen molar-refractivity contribution >= 4 is 23.5 Å². The first-order valence-electron chi connectivity index (χ1n) is 4.85. The molecule has 1 aromatic carbocycles. The van der Waals surface area contributed by atoms with Crippen molar-refractivity contribution in [3.63, 3.8) is 0 Å². The Morgan fingerprint density at radius 2 is 2.12 bits per heavy atom. The van der Waals surface area contributed by atoms with Crippen LogP contribution in [0.3, 0.4) is 0 Å². The number of benzene rings is 1. The number of likely N-dealkylation sites (tertiary alicyclic amines) is 1. The maximum Gasteiger partial charge on any atom is 0.408 e. The first-order valence-corrected chi connectivity index (χ1v) is 5.23. The first-order chi connectivity index (χ1) is 7.59. The van der Waals surface area contributed by atoms with Crippen molar-refractivity contribution in [3.05, 3.63) is 34.9 Å². The number of carbonyl (C=O) groups excluding carboxylic acids is 1. The monoisotopic (exact) mass is 239 g/mol. The van der Waals surface area contributed by atoms with Gasteiger partial charge < -0.3 is 5.11 Å². The summed E-state index contributed by atoms with van der Waals surface area (Å²) < 4.78 is 0. The topological polar surface area (TPSA) is 57.6 Å². The van der Waals surface area contributed by atoms with E-state index in [1.54, 1.807) is 24.3 Å². The first kappa shape index (κ1) is 11.0. The summed E-state index contributed by atoms with van der Waals surface area (Å²) in [7, 11) is 0. The van der Waals surface area contributed by atoms with Gasteiger partial charge in [0.2, 0.25) is 0 Å². The van der Waals surface area contributed by atoms with Gasteiger partial charge in [-0.3, -0.25) is 9.69 Å². The average Bonchev–Trinajstić information content (AvgIpc) is 2.61. The summed E-state index contributed by atoms with van der Waals surface area (Å²) in [5, 5.41) is 9.48. The molecule has 1 amide bonds. The summed E-state index contributed by atoms with van der Waals surface area (Å²) >= 11 is 5.99. The van der Waals surface area contributed by atoms with Crippen molar-refractivity contribution in [1.82, 2.24) is 4.90 Å². The fraction of sp³-hybridized carbons (Fsp3) is 0.273. The average molecular weight is 240 g/mol. The number of amides is 1. The van der Waals surface area contributed by atoms with Gasteiger partial charge in [0.25, 0.3) is 0 Å². The van der Waals surface area contributed by atoms with E-state index in [9.17, 15) is 9.59 Å². The van der Waals surface area contributed by atoms with Crippen molar-refractivity contribution in [2.45, 2.75) is 12.5 Å². The Bertz CT molecular complexity index is 447. The lowest BCUT2D eigenvalue weighted by Gasteiger charge is -2.21. The second-order valence-corrected chi connectivity index (χ2v) is 4.10. The fourth-order valence-electron chi connectivity index (χ4n) is 1.91. The molecule has 0 aliphatic carbocycles. The molecule has 1 atom stereocenters. The molecule has 0 aromatic heterocycles. The van der Waals surface area contributed by atoms with Crippen molar-refractivity contribution < 1.29 is 14.7 Å². The highest BCUT2D eigenvalue weighted by Crippen LogP contribution is 2.34. The number of halogens is 1. The summed E-state index contributed by atoms with van der Waals surface area (Å²) in [6, 6.07) is 6.55. The van der Waals surface area contributed by atoms with Gasteiger partial charge in [0.05, 0.1) is 12.6 Å². The summed E-state index contributed by atoms with van der Waals surface area (Å²) in [5.41, 5.74) is 0.692. The third-order valence-corrected chi connectivity index (χ3v) is 3.00. The number of rotatable bonds is 1. The van der Waals surface area contributed by atoms with Gasteiger partial charge in [0.1, 0.15) is 0 Å². The molecule has 1 heterocycles. The summed E-state index contributed by atoms with van der Waals surface area (Å²) in [6.45, 7) is -0.0504. The zero-order chi connectivity index (χ0) is 11.7. The van der Waals surface area contributed by atoms with Crippen LogP contribution in [0.25, 0.3) is 0 Å². The number of carbonyl (C=O) groups is 2. The highest BCUT2D eigenvalue weighted by Gasteiger charge is 2.35. The molecule has 2 rings (SSSR count). The summed E-state index contributed by atoms with van der Waals surface area (Å²) in [4.78, 5) is 23.4. The molecule has 84 valence electrons. The lowest BCUT2D eigenvalue weighted by Crippen LogP contribution is -2.29. The number of carboxylic acid groups (broad SMARTS) is 1. The molecule has 1 aliphatic rings. The van der Waals surface area contributed by atoms with Crippen LogP contribution in [0.4, 0.5) is 4.79 Å². The summed E-state index contributed by atoms with van der Waals surface area (Å²) in [5.74, 6) is -0.0766. The zero-order valence-corrected chi connectivity index (χ0v) is 9.15. The molecule has 1 aliphatic heterocycles. The number of Topliss-reactive ketones (excluding diaryl/α,β-unsaturated/α-hetero) is 1. The second kappa shape index (κ2) is 4.14. The Kier molecular flexibility index (Phi) is 2.83. The molecule has 1 aromatic rings. The Hall–Kier alpha value is -1.55. The van der Waals surface area contributed by atoms with E-state index in [1.807, 2.05) is 0 Å². The lowest BCUT2D eigenvalue weighted by atomic mass is 10.0. The van der Waals surface area contributed by atoms with E-state index in [4.69, 9.17) is 16.7 Å². The highest BCUT2D eigenvalue weighted by atomic mass is 35.5. The zero-order valence-electron chi connectivity index (χ0n) is 8.39. The minimum atomic E-state index is -1.09. The molecule has 1 fully saturated rings. The third kappa shape index (κ3) is 1.88. The molecular weight excluding hydrogens is 230 g/mol. The van der Waals surface area contributed by atoms with E-state index >= 15 is 0 Å². The van der Waals surface area contributed by atoms with E-state index in [1.165, 1.54) is 0 Å². The van der Waals surface area contributed by atoms with Gasteiger partial charge in [-0.15, -0.1) is 0 Å². The SMILES string of the molecule is O=C1CC(c2ccccc2Cl)N(C(=O)O)C1. The van der Waals surface area contributed by atoms with Crippen LogP contribution in [0.5, 0.6) is 0 Å². The normalized spacial score (nSPS) is 20.2. The molecule has 1 saturated heterocycles. The van der Waals surface area contributed by atoms with Crippen molar-refractivity contribution in [1.29, 1.82) is 0 Å². The Morgan fingerprint density at radius 3 is 2.75 bits per heavy atom.